The fourth-order valence-corrected chi connectivity index (χ4v) is 5.19. The zero-order valence-electron chi connectivity index (χ0n) is 15.4. The Bertz CT molecular complexity index is 908. The summed E-state index contributed by atoms with van der Waals surface area (Å²) in [6.45, 7) is 3.15. The predicted octanol–water partition coefficient (Wildman–Crippen LogP) is 1.72. The van der Waals surface area contributed by atoms with Gasteiger partial charge in [0.25, 0.3) is 5.56 Å². The number of rotatable bonds is 1. The van der Waals surface area contributed by atoms with Crippen molar-refractivity contribution >= 4 is 5.91 Å². The van der Waals surface area contributed by atoms with Gasteiger partial charge in [-0.1, -0.05) is 30.3 Å². The molecule has 1 aromatic heterocycles. The van der Waals surface area contributed by atoms with Crippen LogP contribution in [-0.2, 0) is 17.6 Å². The third-order valence-electron chi connectivity index (χ3n) is 6.53. The average Bonchev–Trinajstić information content (AvgIpc) is 2.92. The lowest BCUT2D eigenvalue weighted by molar-refractivity contribution is -0.137. The van der Waals surface area contributed by atoms with Crippen LogP contribution in [0.5, 0.6) is 0 Å². The Morgan fingerprint density at radius 2 is 1.70 bits per heavy atom. The Morgan fingerprint density at radius 3 is 2.44 bits per heavy atom. The van der Waals surface area contributed by atoms with Crippen molar-refractivity contribution in [2.24, 2.45) is 5.92 Å². The highest BCUT2D eigenvalue weighted by Gasteiger charge is 2.42. The topological polar surface area (TPSA) is 54.3 Å². The summed E-state index contributed by atoms with van der Waals surface area (Å²) in [7, 11) is 0. The van der Waals surface area contributed by atoms with Crippen LogP contribution in [0.15, 0.2) is 47.3 Å². The van der Waals surface area contributed by atoms with Crippen LogP contribution in [-0.4, -0.2) is 41.6 Å². The van der Waals surface area contributed by atoms with Crippen LogP contribution in [0.2, 0.25) is 0 Å². The molecule has 4 heterocycles. The molecule has 0 unspecified atom stereocenters. The standard InChI is InChI=1S/C22H25N3O2/c26-20-7-3-6-19-17-12-18(14-23-13-17)21(25(19)20)22(27)24-10-8-15-4-1-2-5-16(15)9-11-24/h1-7,17-18,21,23H,8-14H2/t17-,18+,21-/m1/s1. The lowest BCUT2D eigenvalue weighted by atomic mass is 9.79. The first-order valence-corrected chi connectivity index (χ1v) is 10.00. The second-order valence-corrected chi connectivity index (χ2v) is 8.05. The van der Waals surface area contributed by atoms with Crippen LogP contribution in [0.1, 0.15) is 35.2 Å². The third kappa shape index (κ3) is 2.81. The van der Waals surface area contributed by atoms with E-state index >= 15 is 0 Å². The molecule has 1 saturated heterocycles. The second-order valence-electron chi connectivity index (χ2n) is 8.05. The number of hydrogen-bond donors (Lipinski definition) is 1. The fourth-order valence-electron chi connectivity index (χ4n) is 5.19. The number of carbonyl (C=O) groups is 1. The van der Waals surface area contributed by atoms with Gasteiger partial charge in [-0.3, -0.25) is 14.2 Å². The molecule has 27 heavy (non-hydrogen) atoms. The first-order chi connectivity index (χ1) is 13.2. The molecule has 5 nitrogen and oxygen atoms in total. The largest absolute Gasteiger partial charge is 0.340 e. The van der Waals surface area contributed by atoms with E-state index in [9.17, 15) is 9.59 Å². The lowest BCUT2D eigenvalue weighted by Crippen LogP contribution is -2.53. The van der Waals surface area contributed by atoms with Gasteiger partial charge in [0.2, 0.25) is 5.91 Å². The van der Waals surface area contributed by atoms with E-state index in [4.69, 9.17) is 0 Å². The van der Waals surface area contributed by atoms with E-state index in [1.54, 1.807) is 10.6 Å². The molecule has 3 atom stereocenters. The van der Waals surface area contributed by atoms with Crippen LogP contribution in [0, 0.1) is 5.92 Å². The highest BCUT2D eigenvalue weighted by atomic mass is 16.2. The van der Waals surface area contributed by atoms with Gasteiger partial charge in [-0.05, 0) is 36.5 Å². The molecular weight excluding hydrogens is 338 g/mol. The summed E-state index contributed by atoms with van der Waals surface area (Å²) < 4.78 is 1.81. The summed E-state index contributed by atoms with van der Waals surface area (Å²) in [6.07, 6.45) is 2.76. The number of pyridine rings is 1. The van der Waals surface area contributed by atoms with E-state index in [-0.39, 0.29) is 23.4 Å². The summed E-state index contributed by atoms with van der Waals surface area (Å²) in [5.74, 6) is 0.633. The number of hydrogen-bond acceptors (Lipinski definition) is 3. The molecule has 0 saturated carbocycles. The summed E-state index contributed by atoms with van der Waals surface area (Å²) in [4.78, 5) is 28.3. The molecule has 2 bridgehead atoms. The van der Waals surface area contributed by atoms with Crippen molar-refractivity contribution in [3.05, 3.63) is 69.6 Å². The lowest BCUT2D eigenvalue weighted by Gasteiger charge is -2.43. The highest BCUT2D eigenvalue weighted by Crippen LogP contribution is 2.39. The number of fused-ring (bicyclic) bond motifs is 5. The van der Waals surface area contributed by atoms with Crippen LogP contribution < -0.4 is 10.9 Å². The molecule has 1 aromatic carbocycles. The zero-order chi connectivity index (χ0) is 18.4. The van der Waals surface area contributed by atoms with Crippen LogP contribution >= 0.6 is 0 Å². The van der Waals surface area contributed by atoms with Crippen LogP contribution in [0.3, 0.4) is 0 Å². The Hall–Kier alpha value is -2.40. The highest BCUT2D eigenvalue weighted by molar-refractivity contribution is 5.81. The van der Waals surface area contributed by atoms with E-state index in [1.165, 1.54) is 11.1 Å². The van der Waals surface area contributed by atoms with Gasteiger partial charge in [0, 0.05) is 49.8 Å². The van der Waals surface area contributed by atoms with E-state index in [0.29, 0.717) is 5.92 Å². The first-order valence-electron chi connectivity index (χ1n) is 10.00. The van der Waals surface area contributed by atoms with Gasteiger partial charge in [0.05, 0.1) is 0 Å². The Morgan fingerprint density at radius 1 is 0.963 bits per heavy atom. The minimum absolute atomic E-state index is 0.0411. The van der Waals surface area contributed by atoms with Gasteiger partial charge in [-0.2, -0.15) is 0 Å². The zero-order valence-corrected chi connectivity index (χ0v) is 15.4. The van der Waals surface area contributed by atoms with E-state index < -0.39 is 0 Å². The molecular formula is C22H25N3O2. The Balaban J connectivity index is 1.48. The van der Waals surface area contributed by atoms with Gasteiger partial charge in [0.15, 0.2) is 0 Å². The SMILES string of the molecule is O=C([C@H]1[C@@H]2CNC[C@@H](C2)c2cccc(=O)n21)N1CCc2ccccc2CC1. The summed E-state index contributed by atoms with van der Waals surface area (Å²) in [5, 5.41) is 3.48. The summed E-state index contributed by atoms with van der Waals surface area (Å²) >= 11 is 0. The smallest absolute Gasteiger partial charge is 0.251 e. The van der Waals surface area contributed by atoms with Gasteiger partial charge >= 0.3 is 0 Å². The number of amides is 1. The van der Waals surface area contributed by atoms with E-state index in [2.05, 4.69) is 29.6 Å². The molecule has 1 amide bonds. The molecule has 3 aliphatic heterocycles. The molecule has 140 valence electrons. The molecule has 0 radical (unpaired) electrons. The molecule has 5 heteroatoms. The second kappa shape index (κ2) is 6.64. The Kier molecular flexibility index (Phi) is 4.12. The normalized spacial score (nSPS) is 26.7. The molecule has 3 aliphatic rings. The predicted molar refractivity (Wildman–Crippen MR) is 104 cm³/mol. The van der Waals surface area contributed by atoms with Gasteiger partial charge in [-0.15, -0.1) is 0 Å². The number of piperidine rings is 1. The maximum atomic E-state index is 13.6. The number of aromatic nitrogens is 1. The van der Waals surface area contributed by atoms with Crippen molar-refractivity contribution in [2.75, 3.05) is 26.2 Å². The Labute approximate surface area is 159 Å². The maximum Gasteiger partial charge on any atom is 0.251 e. The molecule has 1 N–H and O–H groups in total. The molecule has 2 aromatic rings. The fraction of sp³-hybridized carbons (Fsp3) is 0.455. The monoisotopic (exact) mass is 363 g/mol. The van der Waals surface area contributed by atoms with Crippen molar-refractivity contribution in [1.29, 1.82) is 0 Å². The molecule has 0 spiro atoms. The first kappa shape index (κ1) is 16.8. The molecule has 1 fully saturated rings. The summed E-state index contributed by atoms with van der Waals surface area (Å²) in [6, 6.07) is 13.5. The maximum absolute atomic E-state index is 13.6. The van der Waals surface area contributed by atoms with Crippen molar-refractivity contribution < 1.29 is 4.79 Å². The van der Waals surface area contributed by atoms with Gasteiger partial charge in [0.1, 0.15) is 6.04 Å². The third-order valence-corrected chi connectivity index (χ3v) is 6.53. The van der Waals surface area contributed by atoms with E-state index in [1.807, 2.05) is 17.0 Å². The minimum Gasteiger partial charge on any atom is -0.340 e. The minimum atomic E-state index is -0.376. The van der Waals surface area contributed by atoms with Crippen molar-refractivity contribution in [2.45, 2.75) is 31.2 Å². The van der Waals surface area contributed by atoms with Crippen molar-refractivity contribution in [3.63, 3.8) is 0 Å². The number of nitrogens with one attached hydrogen (secondary N) is 1. The number of nitrogens with zero attached hydrogens (tertiary/aromatic N) is 2. The van der Waals surface area contributed by atoms with Gasteiger partial charge in [-0.25, -0.2) is 0 Å². The quantitative estimate of drug-likeness (QED) is 0.839. The van der Waals surface area contributed by atoms with E-state index in [0.717, 1.165) is 51.1 Å². The van der Waals surface area contributed by atoms with Gasteiger partial charge < -0.3 is 10.2 Å². The number of carbonyl (C=O) groups excluding carboxylic acids is 1. The van der Waals surface area contributed by atoms with Crippen molar-refractivity contribution in [1.82, 2.24) is 14.8 Å². The molecule has 5 rings (SSSR count). The average molecular weight is 363 g/mol. The van der Waals surface area contributed by atoms with Crippen LogP contribution in [0.4, 0.5) is 0 Å². The summed E-state index contributed by atoms with van der Waals surface area (Å²) in [5.41, 5.74) is 3.66. The number of benzene rings is 1. The molecule has 0 aliphatic carbocycles. The van der Waals surface area contributed by atoms with Crippen molar-refractivity contribution in [3.8, 4) is 0 Å². The van der Waals surface area contributed by atoms with Crippen LogP contribution in [0.25, 0.3) is 0 Å².